The monoisotopic (exact) mass is 170 g/mol. The molecule has 70 valence electrons. The van der Waals surface area contributed by atoms with Crippen LogP contribution in [0.5, 0.6) is 0 Å². The van der Waals surface area contributed by atoms with Crippen LogP contribution in [0.4, 0.5) is 0 Å². The van der Waals surface area contributed by atoms with Gasteiger partial charge in [-0.25, -0.2) is 0 Å². The second kappa shape index (κ2) is 3.90. The molecule has 1 aliphatic carbocycles. The third kappa shape index (κ3) is 2.21. The highest BCUT2D eigenvalue weighted by Crippen LogP contribution is 2.28. The Morgan fingerprint density at radius 3 is 2.67 bits per heavy atom. The molecule has 0 aliphatic heterocycles. The molecule has 1 saturated carbocycles. The van der Waals surface area contributed by atoms with E-state index < -0.39 is 0 Å². The highest BCUT2D eigenvalue weighted by Gasteiger charge is 2.26. The maximum Gasteiger partial charge on any atom is 0.220 e. The van der Waals surface area contributed by atoms with Crippen molar-refractivity contribution in [3.63, 3.8) is 0 Å². The summed E-state index contributed by atoms with van der Waals surface area (Å²) in [5.41, 5.74) is 11.0. The van der Waals surface area contributed by atoms with E-state index in [-0.39, 0.29) is 17.9 Å². The number of nitrogens with two attached hydrogens (primary N) is 2. The van der Waals surface area contributed by atoms with E-state index in [1.54, 1.807) is 0 Å². The molecule has 0 saturated heterocycles. The largest absolute Gasteiger partial charge is 0.369 e. The molecule has 1 fully saturated rings. The van der Waals surface area contributed by atoms with Crippen LogP contribution < -0.4 is 11.5 Å². The Labute approximate surface area is 73.5 Å². The summed E-state index contributed by atoms with van der Waals surface area (Å²) in [6.07, 6.45) is 4.31. The van der Waals surface area contributed by atoms with Crippen molar-refractivity contribution >= 4 is 5.91 Å². The molecule has 0 aromatic heterocycles. The summed E-state index contributed by atoms with van der Waals surface area (Å²) in [7, 11) is 0. The predicted octanol–water partition coefficient (Wildman–Crippen LogP) is 0.625. The van der Waals surface area contributed by atoms with Crippen molar-refractivity contribution in [2.24, 2.45) is 23.3 Å². The highest BCUT2D eigenvalue weighted by atomic mass is 16.1. The van der Waals surface area contributed by atoms with Crippen LogP contribution in [0.1, 0.15) is 32.6 Å². The molecule has 0 heterocycles. The van der Waals surface area contributed by atoms with Crippen LogP contribution in [-0.4, -0.2) is 11.9 Å². The number of rotatable bonds is 2. The minimum atomic E-state index is -0.186. The van der Waals surface area contributed by atoms with Crippen molar-refractivity contribution in [1.29, 1.82) is 0 Å². The molecular weight excluding hydrogens is 152 g/mol. The molecule has 12 heavy (non-hydrogen) atoms. The van der Waals surface area contributed by atoms with Gasteiger partial charge in [0.2, 0.25) is 5.91 Å². The van der Waals surface area contributed by atoms with Gasteiger partial charge < -0.3 is 11.5 Å². The molecule has 4 N–H and O–H groups in total. The van der Waals surface area contributed by atoms with Crippen molar-refractivity contribution in [3.8, 4) is 0 Å². The first-order chi connectivity index (χ1) is 5.61. The Hall–Kier alpha value is -0.570. The van der Waals surface area contributed by atoms with Gasteiger partial charge in [0.05, 0.1) is 0 Å². The van der Waals surface area contributed by atoms with E-state index in [1.165, 1.54) is 0 Å². The summed E-state index contributed by atoms with van der Waals surface area (Å²) in [5, 5.41) is 0. The summed E-state index contributed by atoms with van der Waals surface area (Å²) in [4.78, 5) is 10.9. The van der Waals surface area contributed by atoms with E-state index in [0.29, 0.717) is 5.92 Å². The van der Waals surface area contributed by atoms with E-state index in [4.69, 9.17) is 11.5 Å². The maximum absolute atomic E-state index is 10.9. The van der Waals surface area contributed by atoms with Crippen LogP contribution in [-0.2, 0) is 4.79 Å². The minimum Gasteiger partial charge on any atom is -0.369 e. The molecule has 1 rings (SSSR count). The molecule has 0 aromatic rings. The molecule has 3 unspecified atom stereocenters. The predicted molar refractivity (Wildman–Crippen MR) is 48.3 cm³/mol. The van der Waals surface area contributed by atoms with Gasteiger partial charge in [-0.05, 0) is 25.2 Å². The number of amides is 1. The molecule has 0 radical (unpaired) electrons. The summed E-state index contributed by atoms with van der Waals surface area (Å²) in [6, 6.07) is 0.283. The van der Waals surface area contributed by atoms with E-state index in [1.807, 2.05) is 6.92 Å². The van der Waals surface area contributed by atoms with Crippen LogP contribution in [0.25, 0.3) is 0 Å². The molecule has 3 nitrogen and oxygen atoms in total. The van der Waals surface area contributed by atoms with Gasteiger partial charge in [-0.1, -0.05) is 13.3 Å². The lowest BCUT2D eigenvalue weighted by Crippen LogP contribution is -2.35. The van der Waals surface area contributed by atoms with Crippen LogP contribution in [0.3, 0.4) is 0 Å². The quantitative estimate of drug-likeness (QED) is 0.638. The number of primary amides is 1. The fourth-order valence-corrected chi connectivity index (χ4v) is 1.95. The van der Waals surface area contributed by atoms with Crippen molar-refractivity contribution < 1.29 is 4.79 Å². The van der Waals surface area contributed by atoms with Crippen molar-refractivity contribution in [1.82, 2.24) is 0 Å². The standard InChI is InChI=1S/C9H18N2O/c1-6(9(11)12)7-3-2-4-8(10)5-7/h6-8H,2-5,10H2,1H3,(H2,11,12). The van der Waals surface area contributed by atoms with Gasteiger partial charge in [-0.3, -0.25) is 4.79 Å². The van der Waals surface area contributed by atoms with Gasteiger partial charge in [-0.2, -0.15) is 0 Å². The summed E-state index contributed by atoms with van der Waals surface area (Å²) in [6.45, 7) is 1.91. The Kier molecular flexibility index (Phi) is 3.09. The van der Waals surface area contributed by atoms with Crippen molar-refractivity contribution in [2.45, 2.75) is 38.6 Å². The van der Waals surface area contributed by atoms with Gasteiger partial charge in [0.1, 0.15) is 0 Å². The third-order valence-electron chi connectivity index (χ3n) is 2.91. The lowest BCUT2D eigenvalue weighted by Gasteiger charge is -2.29. The molecular formula is C9H18N2O. The van der Waals surface area contributed by atoms with Crippen LogP contribution in [0.15, 0.2) is 0 Å². The second-order valence-electron chi connectivity index (χ2n) is 3.88. The van der Waals surface area contributed by atoms with E-state index in [9.17, 15) is 4.79 Å². The summed E-state index contributed by atoms with van der Waals surface area (Å²) < 4.78 is 0. The lowest BCUT2D eigenvalue weighted by atomic mass is 9.78. The first-order valence-electron chi connectivity index (χ1n) is 4.66. The Balaban J connectivity index is 2.45. The fraction of sp³-hybridized carbons (Fsp3) is 0.889. The number of hydrogen-bond acceptors (Lipinski definition) is 2. The Morgan fingerprint density at radius 1 is 1.50 bits per heavy atom. The average molecular weight is 170 g/mol. The minimum absolute atomic E-state index is 0.00338. The smallest absolute Gasteiger partial charge is 0.220 e. The third-order valence-corrected chi connectivity index (χ3v) is 2.91. The fourth-order valence-electron chi connectivity index (χ4n) is 1.95. The molecule has 0 bridgehead atoms. The second-order valence-corrected chi connectivity index (χ2v) is 3.88. The zero-order valence-electron chi connectivity index (χ0n) is 7.62. The number of carbonyl (C=O) groups is 1. The first kappa shape index (κ1) is 9.52. The molecule has 1 aliphatic rings. The molecule has 1 amide bonds. The highest BCUT2D eigenvalue weighted by molar-refractivity contribution is 5.76. The maximum atomic E-state index is 10.9. The van der Waals surface area contributed by atoms with Gasteiger partial charge in [0.15, 0.2) is 0 Å². The first-order valence-corrected chi connectivity index (χ1v) is 4.66. The molecule has 0 spiro atoms. The van der Waals surface area contributed by atoms with Crippen LogP contribution in [0, 0.1) is 11.8 Å². The molecule has 0 aromatic carbocycles. The van der Waals surface area contributed by atoms with E-state index in [0.717, 1.165) is 25.7 Å². The zero-order chi connectivity index (χ0) is 9.14. The van der Waals surface area contributed by atoms with Crippen molar-refractivity contribution in [2.75, 3.05) is 0 Å². The van der Waals surface area contributed by atoms with Gasteiger partial charge in [0, 0.05) is 12.0 Å². The van der Waals surface area contributed by atoms with Crippen molar-refractivity contribution in [3.05, 3.63) is 0 Å². The topological polar surface area (TPSA) is 69.1 Å². The normalized spacial score (nSPS) is 32.8. The van der Waals surface area contributed by atoms with E-state index in [2.05, 4.69) is 0 Å². The summed E-state index contributed by atoms with van der Waals surface area (Å²) >= 11 is 0. The van der Waals surface area contributed by atoms with Crippen LogP contribution >= 0.6 is 0 Å². The summed E-state index contributed by atoms with van der Waals surface area (Å²) in [5.74, 6) is 0.233. The SMILES string of the molecule is CC(C(N)=O)C1CCCC(N)C1. The van der Waals surface area contributed by atoms with Gasteiger partial charge >= 0.3 is 0 Å². The van der Waals surface area contributed by atoms with Crippen LogP contribution in [0.2, 0.25) is 0 Å². The van der Waals surface area contributed by atoms with Gasteiger partial charge in [0.25, 0.3) is 0 Å². The van der Waals surface area contributed by atoms with E-state index >= 15 is 0 Å². The number of hydrogen-bond donors (Lipinski definition) is 2. The Morgan fingerprint density at radius 2 is 2.17 bits per heavy atom. The zero-order valence-corrected chi connectivity index (χ0v) is 7.62. The Bertz CT molecular complexity index is 170. The molecule has 3 heteroatoms. The lowest BCUT2D eigenvalue weighted by molar-refractivity contribution is -0.123. The average Bonchev–Trinajstić information content (AvgIpc) is 2.03. The van der Waals surface area contributed by atoms with Gasteiger partial charge in [-0.15, -0.1) is 0 Å². The molecule has 3 atom stereocenters. The number of carbonyl (C=O) groups excluding carboxylic acids is 1.